The van der Waals surface area contributed by atoms with Crippen LogP contribution in [-0.4, -0.2) is 88.8 Å². The number of nitrogens with zero attached hydrogens (tertiary/aromatic N) is 6. The lowest BCUT2D eigenvalue weighted by Gasteiger charge is -2.32. The molecular weight excluding hydrogens is 514 g/mol. The van der Waals surface area contributed by atoms with Crippen LogP contribution < -0.4 is 15.0 Å². The molecule has 0 spiro atoms. The van der Waals surface area contributed by atoms with Crippen LogP contribution in [0.2, 0.25) is 0 Å². The van der Waals surface area contributed by atoms with Gasteiger partial charge in [-0.2, -0.15) is 0 Å². The quantitative estimate of drug-likeness (QED) is 0.407. The maximum absolute atomic E-state index is 6.57. The van der Waals surface area contributed by atoms with Gasteiger partial charge in [0.25, 0.3) is 0 Å². The lowest BCUT2D eigenvalue weighted by Crippen LogP contribution is -2.36. The average molecular weight is 552 g/mol. The van der Waals surface area contributed by atoms with E-state index in [1.54, 1.807) is 12.4 Å². The van der Waals surface area contributed by atoms with Gasteiger partial charge in [0.15, 0.2) is 0 Å². The van der Waals surface area contributed by atoms with Gasteiger partial charge in [-0.3, -0.25) is 4.98 Å². The van der Waals surface area contributed by atoms with Crippen LogP contribution in [0.25, 0.3) is 11.0 Å². The Morgan fingerprint density at radius 1 is 0.897 bits per heavy atom. The minimum atomic E-state index is 0.154. The molecule has 1 N–H and O–H groups in total. The van der Waals surface area contributed by atoms with E-state index in [0.29, 0.717) is 17.8 Å². The number of benzene rings is 1. The van der Waals surface area contributed by atoms with Crippen LogP contribution in [0.1, 0.15) is 50.0 Å². The van der Waals surface area contributed by atoms with Crippen LogP contribution in [0.5, 0.6) is 5.75 Å². The molecule has 3 fully saturated rings. The zero-order chi connectivity index (χ0) is 26.4. The summed E-state index contributed by atoms with van der Waals surface area (Å²) in [5, 5.41) is 3.56. The van der Waals surface area contributed by atoms with E-state index in [2.05, 4.69) is 47.2 Å². The summed E-state index contributed by atoms with van der Waals surface area (Å²) in [6.07, 6.45) is 13.9. The smallest absolute Gasteiger partial charge is 0.222 e. The summed E-state index contributed by atoms with van der Waals surface area (Å²) in [5.74, 6) is 2.80. The summed E-state index contributed by atoms with van der Waals surface area (Å²) in [5.41, 5.74) is 4.07. The first kappa shape index (κ1) is 26.5. The zero-order valence-corrected chi connectivity index (χ0v) is 23.2. The molecule has 0 atom stereocenters. The van der Waals surface area contributed by atoms with Gasteiger partial charge in [-0.15, -0.1) is 11.6 Å². The Hall–Kier alpha value is -2.75. The van der Waals surface area contributed by atoms with Gasteiger partial charge >= 0.3 is 0 Å². The Morgan fingerprint density at radius 2 is 1.64 bits per heavy atom. The van der Waals surface area contributed by atoms with Crippen molar-refractivity contribution in [2.75, 3.05) is 62.0 Å². The highest BCUT2D eigenvalue weighted by molar-refractivity contribution is 6.18. The standard InChI is InChI=1S/C29H38ClN7O2/c30-7-12-36-10-5-21(6-11-36)22-19-33-29(34-20-22)35-23-1-3-25(4-2-23)39-27-18-24(37-13-15-38-16-14-37)17-26-28(27)32-9-8-31-26/h8-9,17-21,23,25H,1-7,10-16H2,(H,33,34,35)/t23-,25+. The first-order valence-electron chi connectivity index (χ1n) is 14.4. The number of anilines is 2. The van der Waals surface area contributed by atoms with Crippen molar-refractivity contribution < 1.29 is 9.47 Å². The van der Waals surface area contributed by atoms with E-state index in [0.717, 1.165) is 113 Å². The van der Waals surface area contributed by atoms with E-state index in [-0.39, 0.29) is 6.10 Å². The van der Waals surface area contributed by atoms with Crippen molar-refractivity contribution in [3.63, 3.8) is 0 Å². The zero-order valence-electron chi connectivity index (χ0n) is 22.5. The van der Waals surface area contributed by atoms with Crippen LogP contribution in [0, 0.1) is 0 Å². The minimum absolute atomic E-state index is 0.154. The van der Waals surface area contributed by atoms with Crippen LogP contribution in [0.4, 0.5) is 11.6 Å². The fraction of sp³-hybridized carbons (Fsp3) is 0.586. The number of hydrogen-bond donors (Lipinski definition) is 1. The van der Waals surface area contributed by atoms with Gasteiger partial charge in [0.05, 0.1) is 24.8 Å². The summed E-state index contributed by atoms with van der Waals surface area (Å²) >= 11 is 5.90. The van der Waals surface area contributed by atoms with E-state index in [1.165, 1.54) is 5.56 Å². The number of piperidine rings is 1. The van der Waals surface area contributed by atoms with Crippen molar-refractivity contribution >= 4 is 34.3 Å². The molecule has 3 aromatic rings. The molecule has 9 nitrogen and oxygen atoms in total. The van der Waals surface area contributed by atoms with E-state index >= 15 is 0 Å². The van der Waals surface area contributed by atoms with Gasteiger partial charge in [-0.1, -0.05) is 0 Å². The number of fused-ring (bicyclic) bond motifs is 1. The Bertz CT molecular complexity index is 1210. The molecule has 0 bridgehead atoms. The molecule has 0 amide bonds. The van der Waals surface area contributed by atoms with Crippen molar-refractivity contribution in [3.05, 3.63) is 42.5 Å². The van der Waals surface area contributed by atoms with Crippen LogP contribution in [0.15, 0.2) is 36.9 Å². The minimum Gasteiger partial charge on any atom is -0.488 e. The molecule has 39 heavy (non-hydrogen) atoms. The van der Waals surface area contributed by atoms with Crippen molar-refractivity contribution in [1.29, 1.82) is 0 Å². The van der Waals surface area contributed by atoms with Gasteiger partial charge in [0, 0.05) is 68.1 Å². The van der Waals surface area contributed by atoms with E-state index in [9.17, 15) is 0 Å². The molecule has 4 heterocycles. The highest BCUT2D eigenvalue weighted by Crippen LogP contribution is 2.33. The number of likely N-dealkylation sites (tertiary alicyclic amines) is 1. The fourth-order valence-corrected chi connectivity index (χ4v) is 6.28. The number of halogens is 1. The fourth-order valence-electron chi connectivity index (χ4n) is 6.04. The Labute approximate surface area is 235 Å². The molecular formula is C29H38ClN7O2. The first-order chi connectivity index (χ1) is 19.2. The lowest BCUT2D eigenvalue weighted by molar-refractivity contribution is 0.122. The number of morpholine rings is 1. The second-order valence-electron chi connectivity index (χ2n) is 10.8. The molecule has 0 unspecified atom stereocenters. The molecule has 0 radical (unpaired) electrons. The average Bonchev–Trinajstić information content (AvgIpc) is 2.99. The molecule has 6 rings (SSSR count). The van der Waals surface area contributed by atoms with Crippen LogP contribution in [0.3, 0.4) is 0 Å². The number of ether oxygens (including phenoxy) is 2. The number of rotatable bonds is 8. The Kier molecular flexibility index (Phi) is 8.56. The Balaban J connectivity index is 1.03. The van der Waals surface area contributed by atoms with Crippen molar-refractivity contribution in [2.24, 2.45) is 0 Å². The van der Waals surface area contributed by atoms with E-state index in [1.807, 2.05) is 12.4 Å². The maximum atomic E-state index is 6.57. The summed E-state index contributed by atoms with van der Waals surface area (Å²) in [7, 11) is 0. The predicted octanol–water partition coefficient (Wildman–Crippen LogP) is 4.48. The third-order valence-corrected chi connectivity index (χ3v) is 8.50. The van der Waals surface area contributed by atoms with Crippen molar-refractivity contribution in [1.82, 2.24) is 24.8 Å². The molecule has 2 aromatic heterocycles. The Morgan fingerprint density at radius 3 is 2.38 bits per heavy atom. The number of aromatic nitrogens is 4. The second kappa shape index (κ2) is 12.6. The normalized spacial score (nSPS) is 23.2. The molecule has 3 aliphatic rings. The van der Waals surface area contributed by atoms with Crippen LogP contribution >= 0.6 is 11.6 Å². The molecule has 208 valence electrons. The van der Waals surface area contributed by atoms with Crippen molar-refractivity contribution in [3.8, 4) is 5.75 Å². The van der Waals surface area contributed by atoms with Gasteiger partial charge in [0.1, 0.15) is 11.3 Å². The third kappa shape index (κ3) is 6.53. The third-order valence-electron chi connectivity index (χ3n) is 8.33. The van der Waals surface area contributed by atoms with Gasteiger partial charge < -0.3 is 24.6 Å². The lowest BCUT2D eigenvalue weighted by atomic mass is 9.91. The summed E-state index contributed by atoms with van der Waals surface area (Å²) in [4.78, 5) is 23.3. The highest BCUT2D eigenvalue weighted by Gasteiger charge is 2.25. The van der Waals surface area contributed by atoms with Crippen LogP contribution in [-0.2, 0) is 4.74 Å². The monoisotopic (exact) mass is 551 g/mol. The van der Waals surface area contributed by atoms with Gasteiger partial charge in [-0.05, 0) is 69.2 Å². The number of nitrogens with one attached hydrogen (secondary N) is 1. The maximum Gasteiger partial charge on any atom is 0.222 e. The molecule has 10 heteroatoms. The van der Waals surface area contributed by atoms with E-state index < -0.39 is 0 Å². The largest absolute Gasteiger partial charge is 0.488 e. The molecule has 1 aliphatic carbocycles. The SMILES string of the molecule is ClCCN1CCC(c2cnc(N[C@H]3CC[C@@H](Oc4cc(N5CCOCC5)cc5nccnc45)CC3)nc2)CC1. The summed E-state index contributed by atoms with van der Waals surface area (Å²) < 4.78 is 12.1. The predicted molar refractivity (Wildman–Crippen MR) is 154 cm³/mol. The molecule has 2 saturated heterocycles. The second-order valence-corrected chi connectivity index (χ2v) is 11.2. The molecule has 2 aliphatic heterocycles. The van der Waals surface area contributed by atoms with Gasteiger partial charge in [0.2, 0.25) is 5.95 Å². The van der Waals surface area contributed by atoms with Crippen molar-refractivity contribution in [2.45, 2.75) is 56.6 Å². The molecule has 1 saturated carbocycles. The number of hydrogen-bond acceptors (Lipinski definition) is 9. The first-order valence-corrected chi connectivity index (χ1v) is 14.9. The topological polar surface area (TPSA) is 88.5 Å². The highest BCUT2D eigenvalue weighted by atomic mass is 35.5. The number of alkyl halides is 1. The van der Waals surface area contributed by atoms with E-state index in [4.69, 9.17) is 21.1 Å². The molecule has 1 aromatic carbocycles. The summed E-state index contributed by atoms with van der Waals surface area (Å²) in [6, 6.07) is 4.59. The van der Waals surface area contributed by atoms with Gasteiger partial charge in [-0.25, -0.2) is 15.0 Å². The summed E-state index contributed by atoms with van der Waals surface area (Å²) in [6.45, 7) is 6.41.